The average Bonchev–Trinajstić information content (AvgIpc) is 2.48. The standard InChI is InChI=1S/C15H14F3N3O2/c16-15(17,18)13-6-5-12(9-21-13)23-11-3-1-10(2-4-11)7-8-22-14(19)20/h1-6,9H,7-8H2,(H3,19,20). The minimum Gasteiger partial charge on any atom is -0.465 e. The first-order valence-corrected chi connectivity index (χ1v) is 6.61. The highest BCUT2D eigenvalue weighted by Gasteiger charge is 2.32. The minimum atomic E-state index is -4.47. The highest BCUT2D eigenvalue weighted by Crippen LogP contribution is 2.29. The number of rotatable bonds is 5. The van der Waals surface area contributed by atoms with Crippen molar-refractivity contribution in [1.82, 2.24) is 4.98 Å². The number of amidine groups is 1. The predicted octanol–water partition coefficient (Wildman–Crippen LogP) is 3.35. The zero-order chi connectivity index (χ0) is 16.9. The van der Waals surface area contributed by atoms with E-state index in [0.717, 1.165) is 17.8 Å². The van der Waals surface area contributed by atoms with Crippen LogP contribution in [0.15, 0.2) is 42.6 Å². The molecule has 0 aliphatic heterocycles. The van der Waals surface area contributed by atoms with Crippen LogP contribution in [-0.4, -0.2) is 17.6 Å². The third kappa shape index (κ3) is 5.17. The van der Waals surface area contributed by atoms with Gasteiger partial charge in [0.1, 0.15) is 17.2 Å². The number of nitrogens with two attached hydrogens (primary N) is 1. The van der Waals surface area contributed by atoms with Crippen LogP contribution in [-0.2, 0) is 17.3 Å². The fraction of sp³-hybridized carbons (Fsp3) is 0.200. The number of ether oxygens (including phenoxy) is 2. The molecule has 2 rings (SSSR count). The van der Waals surface area contributed by atoms with Gasteiger partial charge in [0, 0.05) is 6.42 Å². The minimum absolute atomic E-state index is 0.214. The molecule has 122 valence electrons. The highest BCUT2D eigenvalue weighted by molar-refractivity contribution is 5.67. The largest absolute Gasteiger partial charge is 0.465 e. The van der Waals surface area contributed by atoms with Crippen LogP contribution in [0.1, 0.15) is 11.3 Å². The van der Waals surface area contributed by atoms with E-state index >= 15 is 0 Å². The van der Waals surface area contributed by atoms with E-state index < -0.39 is 11.9 Å². The zero-order valence-corrected chi connectivity index (χ0v) is 11.9. The van der Waals surface area contributed by atoms with Crippen LogP contribution in [0, 0.1) is 5.41 Å². The smallest absolute Gasteiger partial charge is 0.433 e. The van der Waals surface area contributed by atoms with Crippen molar-refractivity contribution in [2.24, 2.45) is 5.73 Å². The molecule has 0 amide bonds. The number of pyridine rings is 1. The molecule has 3 N–H and O–H groups in total. The average molecular weight is 325 g/mol. The van der Waals surface area contributed by atoms with Crippen molar-refractivity contribution in [2.75, 3.05) is 6.61 Å². The summed E-state index contributed by atoms with van der Waals surface area (Å²) in [5.74, 6) is 0.688. The Morgan fingerprint density at radius 1 is 1.09 bits per heavy atom. The van der Waals surface area contributed by atoms with Crippen molar-refractivity contribution in [2.45, 2.75) is 12.6 Å². The van der Waals surface area contributed by atoms with Crippen LogP contribution >= 0.6 is 0 Å². The maximum Gasteiger partial charge on any atom is 0.433 e. The molecule has 0 bridgehead atoms. The number of nitrogens with one attached hydrogen (secondary N) is 1. The molecule has 1 aromatic heterocycles. The summed E-state index contributed by atoms with van der Waals surface area (Å²) in [5, 5.41) is 6.93. The first-order valence-electron chi connectivity index (χ1n) is 6.61. The molecule has 0 saturated heterocycles. The van der Waals surface area contributed by atoms with Crippen LogP contribution in [0.4, 0.5) is 13.2 Å². The molecular weight excluding hydrogens is 311 g/mol. The summed E-state index contributed by atoms with van der Waals surface area (Å²) in [7, 11) is 0. The van der Waals surface area contributed by atoms with Gasteiger partial charge in [-0.3, -0.25) is 5.41 Å². The molecule has 1 aromatic carbocycles. The van der Waals surface area contributed by atoms with Crippen LogP contribution in [0.5, 0.6) is 11.5 Å². The van der Waals surface area contributed by atoms with E-state index in [1.807, 2.05) is 0 Å². The lowest BCUT2D eigenvalue weighted by Crippen LogP contribution is -2.15. The Hall–Kier alpha value is -2.77. The van der Waals surface area contributed by atoms with Gasteiger partial charge in [0.2, 0.25) is 0 Å². The molecule has 0 atom stereocenters. The molecule has 23 heavy (non-hydrogen) atoms. The number of hydrogen-bond acceptors (Lipinski definition) is 4. The maximum absolute atomic E-state index is 12.4. The second kappa shape index (κ2) is 6.99. The lowest BCUT2D eigenvalue weighted by molar-refractivity contribution is -0.141. The van der Waals surface area contributed by atoms with Crippen molar-refractivity contribution in [1.29, 1.82) is 5.41 Å². The van der Waals surface area contributed by atoms with Crippen LogP contribution in [0.25, 0.3) is 0 Å². The van der Waals surface area contributed by atoms with E-state index in [1.165, 1.54) is 6.07 Å². The molecule has 0 unspecified atom stereocenters. The summed E-state index contributed by atoms with van der Waals surface area (Å²) in [5.41, 5.74) is 5.05. The fourth-order valence-electron chi connectivity index (χ4n) is 1.75. The quantitative estimate of drug-likeness (QED) is 0.652. The topological polar surface area (TPSA) is 81.2 Å². The molecule has 0 aliphatic rings. The van der Waals surface area contributed by atoms with Crippen LogP contribution in [0.2, 0.25) is 0 Å². The molecule has 0 aliphatic carbocycles. The Morgan fingerprint density at radius 2 is 1.74 bits per heavy atom. The Kier molecular flexibility index (Phi) is 5.05. The van der Waals surface area contributed by atoms with Crippen molar-refractivity contribution in [3.8, 4) is 11.5 Å². The Balaban J connectivity index is 1.94. The molecule has 5 nitrogen and oxygen atoms in total. The Bertz CT molecular complexity index is 655. The molecule has 8 heteroatoms. The predicted molar refractivity (Wildman–Crippen MR) is 77.3 cm³/mol. The monoisotopic (exact) mass is 325 g/mol. The number of halogens is 3. The van der Waals surface area contributed by atoms with Crippen molar-refractivity contribution in [3.05, 3.63) is 53.9 Å². The van der Waals surface area contributed by atoms with Crippen LogP contribution < -0.4 is 10.5 Å². The summed E-state index contributed by atoms with van der Waals surface area (Å²) in [4.78, 5) is 3.32. The van der Waals surface area contributed by atoms with Gasteiger partial charge in [-0.05, 0) is 29.8 Å². The fourth-order valence-corrected chi connectivity index (χ4v) is 1.75. The first kappa shape index (κ1) is 16.6. The van der Waals surface area contributed by atoms with Gasteiger partial charge in [0.25, 0.3) is 6.02 Å². The van der Waals surface area contributed by atoms with Gasteiger partial charge in [0.15, 0.2) is 0 Å². The molecule has 0 radical (unpaired) electrons. The van der Waals surface area contributed by atoms with Gasteiger partial charge >= 0.3 is 6.18 Å². The first-order chi connectivity index (χ1) is 10.8. The molecule has 1 heterocycles. The number of nitrogens with zero attached hydrogens (tertiary/aromatic N) is 1. The van der Waals surface area contributed by atoms with Gasteiger partial charge in [-0.2, -0.15) is 13.2 Å². The van der Waals surface area contributed by atoms with Crippen molar-refractivity contribution in [3.63, 3.8) is 0 Å². The molecule has 0 fully saturated rings. The van der Waals surface area contributed by atoms with Gasteiger partial charge in [0.05, 0.1) is 12.8 Å². The second-order valence-electron chi connectivity index (χ2n) is 4.59. The van der Waals surface area contributed by atoms with E-state index in [2.05, 4.69) is 4.98 Å². The summed E-state index contributed by atoms with van der Waals surface area (Å²) in [6, 6.07) is 8.68. The van der Waals surface area contributed by atoms with E-state index in [9.17, 15) is 13.2 Å². The lowest BCUT2D eigenvalue weighted by atomic mass is 10.1. The van der Waals surface area contributed by atoms with E-state index in [0.29, 0.717) is 18.8 Å². The van der Waals surface area contributed by atoms with Gasteiger partial charge in [-0.15, -0.1) is 0 Å². The molecule has 0 saturated carbocycles. The normalized spacial score (nSPS) is 11.1. The molecule has 0 spiro atoms. The number of alkyl halides is 3. The van der Waals surface area contributed by atoms with E-state index in [4.69, 9.17) is 20.6 Å². The van der Waals surface area contributed by atoms with E-state index in [1.54, 1.807) is 24.3 Å². The van der Waals surface area contributed by atoms with Gasteiger partial charge < -0.3 is 15.2 Å². The zero-order valence-electron chi connectivity index (χ0n) is 11.9. The Labute approximate surface area is 130 Å². The Morgan fingerprint density at radius 3 is 2.26 bits per heavy atom. The number of benzene rings is 1. The third-order valence-corrected chi connectivity index (χ3v) is 2.83. The summed E-state index contributed by atoms with van der Waals surface area (Å²) in [6.45, 7) is 0.290. The van der Waals surface area contributed by atoms with E-state index in [-0.39, 0.29) is 11.8 Å². The number of aromatic nitrogens is 1. The summed E-state index contributed by atoms with van der Waals surface area (Å²) >= 11 is 0. The van der Waals surface area contributed by atoms with Gasteiger partial charge in [-0.1, -0.05) is 12.1 Å². The maximum atomic E-state index is 12.4. The third-order valence-electron chi connectivity index (χ3n) is 2.83. The summed E-state index contributed by atoms with van der Waals surface area (Å²) in [6.07, 6.45) is -2.87. The van der Waals surface area contributed by atoms with Crippen LogP contribution in [0.3, 0.4) is 0 Å². The summed E-state index contributed by atoms with van der Waals surface area (Å²) < 4.78 is 47.5. The molecule has 2 aromatic rings. The van der Waals surface area contributed by atoms with Crippen molar-refractivity contribution >= 4 is 6.02 Å². The second-order valence-corrected chi connectivity index (χ2v) is 4.59. The van der Waals surface area contributed by atoms with Gasteiger partial charge in [-0.25, -0.2) is 4.98 Å². The lowest BCUT2D eigenvalue weighted by Gasteiger charge is -2.09. The molecular formula is C15H14F3N3O2. The SMILES string of the molecule is N=C(N)OCCc1ccc(Oc2ccc(C(F)(F)F)nc2)cc1. The number of hydrogen-bond donors (Lipinski definition) is 2. The van der Waals surface area contributed by atoms with Crippen molar-refractivity contribution < 1.29 is 22.6 Å². The highest BCUT2D eigenvalue weighted by atomic mass is 19.4.